The van der Waals surface area contributed by atoms with Crippen molar-refractivity contribution in [1.29, 1.82) is 0 Å². The van der Waals surface area contributed by atoms with Gasteiger partial charge in [0.25, 0.3) is 0 Å². The molecule has 4 aliphatic heterocycles. The zero-order chi connectivity index (χ0) is 14.8. The van der Waals surface area contributed by atoms with Crippen LogP contribution in [0.3, 0.4) is 0 Å². The first-order valence-corrected chi connectivity index (χ1v) is 9.11. The summed E-state index contributed by atoms with van der Waals surface area (Å²) in [5.41, 5.74) is 1.45. The van der Waals surface area contributed by atoms with Crippen molar-refractivity contribution in [2.24, 2.45) is 5.92 Å². The Bertz CT molecular complexity index is 459. The fourth-order valence-electron chi connectivity index (χ4n) is 4.56. The lowest BCUT2D eigenvalue weighted by Crippen LogP contribution is -2.59. The van der Waals surface area contributed by atoms with Crippen LogP contribution in [-0.2, 0) is 6.54 Å². The van der Waals surface area contributed by atoms with E-state index in [4.69, 9.17) is 0 Å². The molecule has 1 atom stereocenters. The van der Waals surface area contributed by atoms with Gasteiger partial charge in [-0.25, -0.2) is 0 Å². The van der Waals surface area contributed by atoms with Gasteiger partial charge in [0.1, 0.15) is 0 Å². The predicted molar refractivity (Wildman–Crippen MR) is 90.8 cm³/mol. The van der Waals surface area contributed by atoms with E-state index in [9.17, 15) is 0 Å². The summed E-state index contributed by atoms with van der Waals surface area (Å²) in [7, 11) is 0. The van der Waals surface area contributed by atoms with E-state index in [1.165, 1.54) is 64.0 Å². The number of piperidine rings is 4. The van der Waals surface area contributed by atoms with E-state index >= 15 is 0 Å². The highest BCUT2D eigenvalue weighted by molar-refractivity contribution is 5.14. The van der Waals surface area contributed by atoms with Gasteiger partial charge in [0.05, 0.1) is 0 Å². The highest BCUT2D eigenvalue weighted by atomic mass is 15.2. The number of rotatable bonds is 4. The van der Waals surface area contributed by atoms with Crippen LogP contribution in [0.15, 0.2) is 30.3 Å². The van der Waals surface area contributed by atoms with Crippen LogP contribution in [0.1, 0.15) is 31.2 Å². The molecule has 0 radical (unpaired) electrons. The van der Waals surface area contributed by atoms with E-state index in [0.717, 1.165) is 24.5 Å². The number of nitrogens with one attached hydrogen (secondary N) is 1. The highest BCUT2D eigenvalue weighted by Gasteiger charge is 2.35. The second-order valence-corrected chi connectivity index (χ2v) is 7.45. The third kappa shape index (κ3) is 3.37. The molecule has 4 saturated heterocycles. The van der Waals surface area contributed by atoms with Crippen molar-refractivity contribution in [3.63, 3.8) is 0 Å². The highest BCUT2D eigenvalue weighted by Crippen LogP contribution is 2.28. The van der Waals surface area contributed by atoms with Gasteiger partial charge in [-0.2, -0.15) is 0 Å². The maximum absolute atomic E-state index is 4.01. The molecule has 4 heterocycles. The summed E-state index contributed by atoms with van der Waals surface area (Å²) in [6.07, 6.45) is 5.47. The standard InChI is InChI=1S/C19H29N3/c1-2-4-16(5-3-1)14-21-12-8-18(9-13-21)20-19-15-22-10-6-17(19)7-11-22/h1-5,17-20H,6-15H2. The van der Waals surface area contributed by atoms with Gasteiger partial charge in [0.2, 0.25) is 0 Å². The topological polar surface area (TPSA) is 18.5 Å². The normalized spacial score (nSPS) is 33.2. The van der Waals surface area contributed by atoms with Crippen molar-refractivity contribution < 1.29 is 0 Å². The molecular formula is C19H29N3. The Morgan fingerprint density at radius 3 is 2.27 bits per heavy atom. The van der Waals surface area contributed by atoms with Crippen molar-refractivity contribution in [2.75, 3.05) is 32.7 Å². The lowest BCUT2D eigenvalue weighted by Gasteiger charge is -2.47. The van der Waals surface area contributed by atoms with Crippen LogP contribution < -0.4 is 5.32 Å². The Hall–Kier alpha value is -0.900. The molecule has 22 heavy (non-hydrogen) atoms. The van der Waals surface area contributed by atoms with E-state index in [1.54, 1.807) is 0 Å². The number of hydrogen-bond donors (Lipinski definition) is 1. The summed E-state index contributed by atoms with van der Waals surface area (Å²) in [6, 6.07) is 12.4. The molecule has 0 saturated carbocycles. The quantitative estimate of drug-likeness (QED) is 0.920. The summed E-state index contributed by atoms with van der Waals surface area (Å²) in [4.78, 5) is 5.27. The molecular weight excluding hydrogens is 270 g/mol. The first-order valence-electron chi connectivity index (χ1n) is 9.11. The van der Waals surface area contributed by atoms with Gasteiger partial charge < -0.3 is 10.2 Å². The number of nitrogens with zero attached hydrogens (tertiary/aromatic N) is 2. The zero-order valence-corrected chi connectivity index (χ0v) is 13.6. The largest absolute Gasteiger partial charge is 0.310 e. The molecule has 1 N–H and O–H groups in total. The minimum atomic E-state index is 0.748. The number of likely N-dealkylation sites (tertiary alicyclic amines) is 1. The Morgan fingerprint density at radius 2 is 1.64 bits per heavy atom. The van der Waals surface area contributed by atoms with Gasteiger partial charge >= 0.3 is 0 Å². The van der Waals surface area contributed by atoms with Crippen molar-refractivity contribution >= 4 is 0 Å². The molecule has 0 spiro atoms. The molecule has 0 amide bonds. The minimum absolute atomic E-state index is 0.748. The summed E-state index contributed by atoms with van der Waals surface area (Å²) in [6.45, 7) is 7.60. The van der Waals surface area contributed by atoms with Crippen LogP contribution >= 0.6 is 0 Å². The second-order valence-electron chi connectivity index (χ2n) is 7.45. The molecule has 0 aromatic heterocycles. The van der Waals surface area contributed by atoms with E-state index < -0.39 is 0 Å². The molecule has 0 aliphatic carbocycles. The zero-order valence-electron chi connectivity index (χ0n) is 13.6. The van der Waals surface area contributed by atoms with Gasteiger partial charge in [-0.15, -0.1) is 0 Å². The van der Waals surface area contributed by atoms with Gasteiger partial charge in [-0.1, -0.05) is 30.3 Å². The maximum Gasteiger partial charge on any atom is 0.0233 e. The van der Waals surface area contributed by atoms with Gasteiger partial charge in [-0.3, -0.25) is 4.90 Å². The monoisotopic (exact) mass is 299 g/mol. The lowest BCUT2D eigenvalue weighted by molar-refractivity contribution is 0.0597. The smallest absolute Gasteiger partial charge is 0.0233 e. The summed E-state index contributed by atoms with van der Waals surface area (Å²) >= 11 is 0. The van der Waals surface area contributed by atoms with Crippen LogP contribution in [-0.4, -0.2) is 54.6 Å². The Labute approximate surface area is 134 Å². The fourth-order valence-corrected chi connectivity index (χ4v) is 4.56. The third-order valence-electron chi connectivity index (χ3n) is 5.94. The molecule has 1 unspecified atom stereocenters. The molecule has 1 aromatic rings. The Morgan fingerprint density at radius 1 is 0.909 bits per heavy atom. The fraction of sp³-hybridized carbons (Fsp3) is 0.684. The van der Waals surface area contributed by atoms with Crippen molar-refractivity contribution in [3.8, 4) is 0 Å². The van der Waals surface area contributed by atoms with Crippen LogP contribution in [0.5, 0.6) is 0 Å². The predicted octanol–water partition coefficient (Wildman–Crippen LogP) is 2.33. The molecule has 2 bridgehead atoms. The van der Waals surface area contributed by atoms with Crippen LogP contribution in [0.4, 0.5) is 0 Å². The van der Waals surface area contributed by atoms with Crippen LogP contribution in [0, 0.1) is 5.92 Å². The second kappa shape index (κ2) is 6.69. The van der Waals surface area contributed by atoms with Crippen molar-refractivity contribution in [3.05, 3.63) is 35.9 Å². The summed E-state index contributed by atoms with van der Waals surface area (Å²) in [5.74, 6) is 0.951. The minimum Gasteiger partial charge on any atom is -0.310 e. The number of benzene rings is 1. The van der Waals surface area contributed by atoms with E-state index in [-0.39, 0.29) is 0 Å². The molecule has 4 fully saturated rings. The number of fused-ring (bicyclic) bond motifs is 3. The molecule has 3 nitrogen and oxygen atoms in total. The van der Waals surface area contributed by atoms with Crippen LogP contribution in [0.25, 0.3) is 0 Å². The van der Waals surface area contributed by atoms with E-state index in [1.807, 2.05) is 0 Å². The molecule has 5 rings (SSSR count). The Kier molecular flexibility index (Phi) is 4.47. The molecule has 3 heteroatoms. The summed E-state index contributed by atoms with van der Waals surface area (Å²) < 4.78 is 0. The molecule has 1 aromatic carbocycles. The third-order valence-corrected chi connectivity index (χ3v) is 5.94. The molecule has 120 valence electrons. The first kappa shape index (κ1) is 14.7. The number of hydrogen-bond acceptors (Lipinski definition) is 3. The maximum atomic E-state index is 4.01. The summed E-state index contributed by atoms with van der Waals surface area (Å²) in [5, 5.41) is 4.01. The van der Waals surface area contributed by atoms with Crippen molar-refractivity contribution in [2.45, 2.75) is 44.3 Å². The SMILES string of the molecule is c1ccc(CN2CCC(NC3CN4CCC3CC4)CC2)cc1. The lowest BCUT2D eigenvalue weighted by atomic mass is 9.83. The van der Waals surface area contributed by atoms with E-state index in [2.05, 4.69) is 45.4 Å². The average molecular weight is 299 g/mol. The Balaban J connectivity index is 1.24. The van der Waals surface area contributed by atoms with E-state index in [0.29, 0.717) is 0 Å². The van der Waals surface area contributed by atoms with Crippen LogP contribution in [0.2, 0.25) is 0 Å². The van der Waals surface area contributed by atoms with Gasteiger partial charge in [0, 0.05) is 25.2 Å². The molecule has 4 aliphatic rings. The first-order chi connectivity index (χ1) is 10.9. The average Bonchev–Trinajstić information content (AvgIpc) is 2.59. The van der Waals surface area contributed by atoms with Gasteiger partial charge in [-0.05, 0) is 63.3 Å². The van der Waals surface area contributed by atoms with Gasteiger partial charge in [0.15, 0.2) is 0 Å². The van der Waals surface area contributed by atoms with Crippen molar-refractivity contribution in [1.82, 2.24) is 15.1 Å².